The topological polar surface area (TPSA) is 60.9 Å². The lowest BCUT2D eigenvalue weighted by Gasteiger charge is -2.30. The number of carbonyl (C=O) groups is 1. The number of hydrogen-bond acceptors (Lipinski definition) is 5. The molecule has 0 unspecified atom stereocenters. The predicted molar refractivity (Wildman–Crippen MR) is 115 cm³/mol. The van der Waals surface area contributed by atoms with Crippen molar-refractivity contribution in [3.63, 3.8) is 0 Å². The van der Waals surface area contributed by atoms with Crippen LogP contribution in [-0.4, -0.2) is 34.7 Å². The largest absolute Gasteiger partial charge is 0.444 e. The molecule has 2 aliphatic heterocycles. The van der Waals surface area contributed by atoms with Crippen LogP contribution in [0.15, 0.2) is 42.6 Å². The third kappa shape index (κ3) is 4.10. The number of amides is 1. The molecule has 2 aliphatic rings. The Morgan fingerprint density at radius 3 is 2.67 bits per heavy atom. The summed E-state index contributed by atoms with van der Waals surface area (Å²) in [6.45, 7) is 8.52. The van der Waals surface area contributed by atoms with Gasteiger partial charge in [-0.25, -0.2) is 4.79 Å². The van der Waals surface area contributed by atoms with Gasteiger partial charge in [-0.2, -0.15) is 0 Å². The SMILES string of the molecule is CC(C)(C)OC(=O)N1CC=C(c2cccc3c2O[C@](C)(c2ccc(Cl)cn2)O3)CC1. The molecule has 30 heavy (non-hydrogen) atoms. The number of para-hydroxylation sites is 1. The lowest BCUT2D eigenvalue weighted by molar-refractivity contribution is -0.0718. The highest BCUT2D eigenvalue weighted by molar-refractivity contribution is 6.30. The molecular formula is C23H25ClN2O4. The van der Waals surface area contributed by atoms with Crippen molar-refractivity contribution in [2.45, 2.75) is 45.5 Å². The molecule has 0 bridgehead atoms. The maximum Gasteiger partial charge on any atom is 0.410 e. The number of aromatic nitrogens is 1. The summed E-state index contributed by atoms with van der Waals surface area (Å²) in [5.41, 5.74) is 2.22. The number of halogens is 1. The summed E-state index contributed by atoms with van der Waals surface area (Å²) in [6.07, 6.45) is 4.03. The maximum absolute atomic E-state index is 12.3. The van der Waals surface area contributed by atoms with E-state index in [-0.39, 0.29) is 6.09 Å². The van der Waals surface area contributed by atoms with Gasteiger partial charge < -0.3 is 19.1 Å². The van der Waals surface area contributed by atoms with Crippen LogP contribution in [0.2, 0.25) is 5.02 Å². The van der Waals surface area contributed by atoms with Gasteiger partial charge >= 0.3 is 6.09 Å². The van der Waals surface area contributed by atoms with E-state index in [9.17, 15) is 4.79 Å². The predicted octanol–water partition coefficient (Wildman–Crippen LogP) is 5.40. The van der Waals surface area contributed by atoms with E-state index in [1.165, 1.54) is 0 Å². The molecule has 0 fully saturated rings. The van der Waals surface area contributed by atoms with Gasteiger partial charge in [-0.3, -0.25) is 4.98 Å². The van der Waals surface area contributed by atoms with Gasteiger partial charge in [-0.1, -0.05) is 29.8 Å². The molecule has 158 valence electrons. The summed E-state index contributed by atoms with van der Waals surface area (Å²) >= 11 is 5.96. The third-order valence-electron chi connectivity index (χ3n) is 4.98. The second kappa shape index (κ2) is 7.51. The maximum atomic E-state index is 12.3. The van der Waals surface area contributed by atoms with Crippen molar-refractivity contribution in [2.24, 2.45) is 0 Å². The van der Waals surface area contributed by atoms with E-state index >= 15 is 0 Å². The fourth-order valence-corrected chi connectivity index (χ4v) is 3.65. The van der Waals surface area contributed by atoms with E-state index in [0.717, 1.165) is 11.1 Å². The number of hydrogen-bond donors (Lipinski definition) is 0. The van der Waals surface area contributed by atoms with Crippen LogP contribution in [0.25, 0.3) is 5.57 Å². The number of rotatable bonds is 2. The minimum atomic E-state index is -1.03. The number of nitrogens with zero attached hydrogens (tertiary/aromatic N) is 2. The van der Waals surface area contributed by atoms with Crippen molar-refractivity contribution in [3.05, 3.63) is 58.9 Å². The molecule has 0 saturated heterocycles. The third-order valence-corrected chi connectivity index (χ3v) is 5.20. The highest BCUT2D eigenvalue weighted by Gasteiger charge is 2.41. The highest BCUT2D eigenvalue weighted by atomic mass is 35.5. The molecule has 3 heterocycles. The number of carbonyl (C=O) groups excluding carboxylic acids is 1. The van der Waals surface area contributed by atoms with Gasteiger partial charge in [0.15, 0.2) is 11.5 Å². The molecule has 1 aromatic carbocycles. The number of benzene rings is 1. The van der Waals surface area contributed by atoms with E-state index < -0.39 is 11.4 Å². The molecule has 0 radical (unpaired) electrons. The Morgan fingerprint density at radius 2 is 2.03 bits per heavy atom. The molecule has 6 nitrogen and oxygen atoms in total. The van der Waals surface area contributed by atoms with Crippen molar-refractivity contribution in [1.29, 1.82) is 0 Å². The van der Waals surface area contributed by atoms with Gasteiger partial charge in [-0.15, -0.1) is 0 Å². The van der Waals surface area contributed by atoms with Crippen molar-refractivity contribution in [1.82, 2.24) is 9.88 Å². The molecule has 2 aromatic rings. The van der Waals surface area contributed by atoms with Crippen LogP contribution >= 0.6 is 11.6 Å². The normalized spacial score (nSPS) is 20.7. The zero-order chi connectivity index (χ0) is 21.5. The Hall–Kier alpha value is -2.73. The van der Waals surface area contributed by atoms with Crippen molar-refractivity contribution >= 4 is 23.3 Å². The molecule has 0 saturated carbocycles. The van der Waals surface area contributed by atoms with Crippen molar-refractivity contribution in [3.8, 4) is 11.5 Å². The van der Waals surface area contributed by atoms with Gasteiger partial charge in [0, 0.05) is 31.8 Å². The van der Waals surface area contributed by atoms with E-state index in [0.29, 0.717) is 41.7 Å². The van der Waals surface area contributed by atoms with Gasteiger partial charge in [0.1, 0.15) is 11.3 Å². The molecule has 7 heteroatoms. The van der Waals surface area contributed by atoms with Crippen LogP contribution in [-0.2, 0) is 10.5 Å². The summed E-state index contributed by atoms with van der Waals surface area (Å²) in [7, 11) is 0. The van der Waals surface area contributed by atoms with Crippen LogP contribution in [0.1, 0.15) is 45.4 Å². The first-order valence-corrected chi connectivity index (χ1v) is 10.3. The van der Waals surface area contributed by atoms with Crippen LogP contribution < -0.4 is 9.47 Å². The first-order valence-electron chi connectivity index (χ1n) is 9.95. The summed E-state index contributed by atoms with van der Waals surface area (Å²) in [4.78, 5) is 18.4. The number of fused-ring (bicyclic) bond motifs is 1. The molecule has 4 rings (SSSR count). The summed E-state index contributed by atoms with van der Waals surface area (Å²) in [6, 6.07) is 9.40. The Bertz CT molecular complexity index is 997. The smallest absolute Gasteiger partial charge is 0.410 e. The minimum Gasteiger partial charge on any atom is -0.444 e. The van der Waals surface area contributed by atoms with Gasteiger partial charge in [0.2, 0.25) is 0 Å². The van der Waals surface area contributed by atoms with Crippen molar-refractivity contribution < 1.29 is 19.0 Å². The Balaban J connectivity index is 1.54. The Morgan fingerprint density at radius 1 is 1.23 bits per heavy atom. The highest BCUT2D eigenvalue weighted by Crippen LogP contribution is 2.48. The van der Waals surface area contributed by atoms with Crippen LogP contribution in [0.3, 0.4) is 0 Å². The zero-order valence-electron chi connectivity index (χ0n) is 17.6. The fraction of sp³-hybridized carbons (Fsp3) is 0.391. The molecule has 0 spiro atoms. The Labute approximate surface area is 181 Å². The van der Waals surface area contributed by atoms with E-state index in [4.69, 9.17) is 25.8 Å². The standard InChI is InChI=1S/C23H25ClN2O4/c1-22(2,3)30-21(27)26-12-10-15(11-13-26)17-6-5-7-18-20(17)29-23(4,28-18)19-9-8-16(24)14-25-19/h5-10,14H,11-13H2,1-4H3/t23-/m1/s1. The molecule has 1 atom stereocenters. The summed E-state index contributed by atoms with van der Waals surface area (Å²) < 4.78 is 17.9. The lowest BCUT2D eigenvalue weighted by Crippen LogP contribution is -2.39. The lowest BCUT2D eigenvalue weighted by atomic mass is 9.98. The second-order valence-corrected chi connectivity index (χ2v) is 8.99. The molecular weight excluding hydrogens is 404 g/mol. The van der Waals surface area contributed by atoms with E-state index in [1.807, 2.05) is 52.0 Å². The van der Waals surface area contributed by atoms with Gasteiger partial charge in [0.05, 0.1) is 5.02 Å². The monoisotopic (exact) mass is 428 g/mol. The Kier molecular flexibility index (Phi) is 5.14. The quantitative estimate of drug-likeness (QED) is 0.640. The van der Waals surface area contributed by atoms with E-state index in [2.05, 4.69) is 4.98 Å². The number of pyridine rings is 1. The average Bonchev–Trinajstić information content (AvgIpc) is 3.04. The van der Waals surface area contributed by atoms with Crippen LogP contribution in [0, 0.1) is 0 Å². The molecule has 0 N–H and O–H groups in total. The zero-order valence-corrected chi connectivity index (χ0v) is 18.3. The molecule has 1 amide bonds. The first-order chi connectivity index (χ1) is 14.1. The average molecular weight is 429 g/mol. The van der Waals surface area contributed by atoms with E-state index in [1.54, 1.807) is 23.2 Å². The summed E-state index contributed by atoms with van der Waals surface area (Å²) in [5.74, 6) is 0.330. The van der Waals surface area contributed by atoms with Gasteiger partial charge in [-0.05, 0) is 51.0 Å². The number of ether oxygens (including phenoxy) is 3. The summed E-state index contributed by atoms with van der Waals surface area (Å²) in [5, 5.41) is 0.556. The fourth-order valence-electron chi connectivity index (χ4n) is 3.53. The molecule has 0 aliphatic carbocycles. The minimum absolute atomic E-state index is 0.294. The van der Waals surface area contributed by atoms with Crippen molar-refractivity contribution in [2.75, 3.05) is 13.1 Å². The van der Waals surface area contributed by atoms with Gasteiger partial charge in [0.25, 0.3) is 5.79 Å². The molecule has 1 aromatic heterocycles. The first kappa shape index (κ1) is 20.5. The van der Waals surface area contributed by atoms with Crippen LogP contribution in [0.4, 0.5) is 4.79 Å². The second-order valence-electron chi connectivity index (χ2n) is 8.55. The van der Waals surface area contributed by atoms with Crippen LogP contribution in [0.5, 0.6) is 11.5 Å².